The first-order valence-electron chi connectivity index (χ1n) is 11.5. The van der Waals surface area contributed by atoms with Gasteiger partial charge < -0.3 is 0 Å². The molecule has 2 aromatic carbocycles. The molecule has 3 aromatic rings. The van der Waals surface area contributed by atoms with Gasteiger partial charge in [-0.1, -0.05) is 42.5 Å². The molecule has 0 spiro atoms. The van der Waals surface area contributed by atoms with E-state index < -0.39 is 0 Å². The van der Waals surface area contributed by atoms with Crippen molar-refractivity contribution in [3.8, 4) is 5.69 Å². The average Bonchev–Trinajstić information content (AvgIpc) is 3.02. The van der Waals surface area contributed by atoms with E-state index in [4.69, 9.17) is 0 Å². The van der Waals surface area contributed by atoms with E-state index in [1.807, 2.05) is 42.1 Å². The number of benzene rings is 2. The summed E-state index contributed by atoms with van der Waals surface area (Å²) in [6.45, 7) is 7.11. The van der Waals surface area contributed by atoms with Gasteiger partial charge in [-0.25, -0.2) is 4.68 Å². The molecule has 1 atom stereocenters. The first-order valence-corrected chi connectivity index (χ1v) is 11.5. The molecular formula is C26H32N4O. The Morgan fingerprint density at radius 3 is 2.52 bits per heavy atom. The second-order valence-corrected chi connectivity index (χ2v) is 9.06. The predicted molar refractivity (Wildman–Crippen MR) is 125 cm³/mol. The summed E-state index contributed by atoms with van der Waals surface area (Å²) in [7, 11) is 1.98. The Kier molecular flexibility index (Phi) is 5.55. The smallest absolute Gasteiger partial charge is 0.276 e. The zero-order valence-corrected chi connectivity index (χ0v) is 18.6. The van der Waals surface area contributed by atoms with E-state index in [0.29, 0.717) is 6.04 Å². The average molecular weight is 417 g/mol. The van der Waals surface area contributed by atoms with Gasteiger partial charge in [-0.3, -0.25) is 19.3 Å². The topological polar surface area (TPSA) is 33.4 Å². The molecule has 1 fully saturated rings. The van der Waals surface area contributed by atoms with Crippen LogP contribution in [-0.2, 0) is 26.6 Å². The van der Waals surface area contributed by atoms with Gasteiger partial charge in [0, 0.05) is 45.0 Å². The van der Waals surface area contributed by atoms with Gasteiger partial charge in [0.2, 0.25) is 0 Å². The zero-order valence-electron chi connectivity index (χ0n) is 18.6. The summed E-state index contributed by atoms with van der Waals surface area (Å²) in [6, 6.07) is 19.4. The minimum Gasteiger partial charge on any atom is -0.297 e. The van der Waals surface area contributed by atoms with Crippen LogP contribution in [-0.4, -0.2) is 44.8 Å². The number of piperidine rings is 1. The highest BCUT2D eigenvalue weighted by Crippen LogP contribution is 2.25. The Balaban J connectivity index is 1.33. The maximum absolute atomic E-state index is 13.3. The van der Waals surface area contributed by atoms with Crippen molar-refractivity contribution < 1.29 is 0 Å². The molecule has 3 heterocycles. The lowest BCUT2D eigenvalue weighted by molar-refractivity contribution is 0.0836. The summed E-state index contributed by atoms with van der Waals surface area (Å²) in [4.78, 5) is 18.5. The van der Waals surface area contributed by atoms with Gasteiger partial charge in [0.1, 0.15) is 0 Å². The van der Waals surface area contributed by atoms with Crippen molar-refractivity contribution in [1.82, 2.24) is 19.2 Å². The van der Waals surface area contributed by atoms with E-state index in [2.05, 4.69) is 41.0 Å². The fourth-order valence-electron chi connectivity index (χ4n) is 5.33. The van der Waals surface area contributed by atoms with Crippen molar-refractivity contribution in [1.29, 1.82) is 0 Å². The number of rotatable bonds is 4. The van der Waals surface area contributed by atoms with Gasteiger partial charge in [0.25, 0.3) is 5.56 Å². The first kappa shape index (κ1) is 20.3. The van der Waals surface area contributed by atoms with Gasteiger partial charge in [0.15, 0.2) is 0 Å². The summed E-state index contributed by atoms with van der Waals surface area (Å²) in [5, 5.41) is 0. The van der Waals surface area contributed by atoms with E-state index in [9.17, 15) is 4.79 Å². The third-order valence-electron chi connectivity index (χ3n) is 7.21. The second-order valence-electron chi connectivity index (χ2n) is 9.06. The highest BCUT2D eigenvalue weighted by molar-refractivity contribution is 5.33. The van der Waals surface area contributed by atoms with Crippen molar-refractivity contribution in [2.45, 2.75) is 45.3 Å². The van der Waals surface area contributed by atoms with Crippen molar-refractivity contribution in [3.05, 3.63) is 87.3 Å². The molecule has 0 radical (unpaired) electrons. The monoisotopic (exact) mass is 416 g/mol. The van der Waals surface area contributed by atoms with E-state index >= 15 is 0 Å². The molecule has 0 amide bonds. The summed E-state index contributed by atoms with van der Waals surface area (Å²) in [5.41, 5.74) is 6.01. The molecule has 0 saturated carbocycles. The van der Waals surface area contributed by atoms with E-state index in [0.717, 1.165) is 56.1 Å². The molecule has 0 bridgehead atoms. The third-order valence-corrected chi connectivity index (χ3v) is 7.21. The van der Waals surface area contributed by atoms with Crippen LogP contribution in [0.4, 0.5) is 0 Å². The largest absolute Gasteiger partial charge is 0.297 e. The fraction of sp³-hybridized carbons (Fsp3) is 0.423. The minimum absolute atomic E-state index is 0.111. The highest BCUT2D eigenvalue weighted by atomic mass is 16.1. The number of hydrogen-bond donors (Lipinski definition) is 0. The SMILES string of the molecule is Cc1c(CN2CCCC(N3CCc4ccccc4C3)C2)c(=O)n(-c2ccccc2)n1C. The molecule has 5 heteroatoms. The van der Waals surface area contributed by atoms with Crippen molar-refractivity contribution in [3.63, 3.8) is 0 Å². The molecule has 0 aliphatic carbocycles. The van der Waals surface area contributed by atoms with Gasteiger partial charge in [-0.2, -0.15) is 0 Å². The molecular weight excluding hydrogens is 384 g/mol. The number of hydrogen-bond acceptors (Lipinski definition) is 3. The lowest BCUT2D eigenvalue weighted by Crippen LogP contribution is -2.49. The summed E-state index contributed by atoms with van der Waals surface area (Å²) in [6.07, 6.45) is 3.59. The summed E-state index contributed by atoms with van der Waals surface area (Å²) < 4.78 is 3.80. The van der Waals surface area contributed by atoms with Crippen molar-refractivity contribution in [2.24, 2.45) is 7.05 Å². The predicted octanol–water partition coefficient (Wildman–Crippen LogP) is 3.51. The Hall–Kier alpha value is -2.63. The van der Waals surface area contributed by atoms with Crippen LogP contribution >= 0.6 is 0 Å². The fourth-order valence-corrected chi connectivity index (χ4v) is 5.33. The van der Waals surface area contributed by atoms with Crippen LogP contribution in [0.1, 0.15) is 35.2 Å². The maximum Gasteiger partial charge on any atom is 0.276 e. The molecule has 1 aromatic heterocycles. The zero-order chi connectivity index (χ0) is 21.4. The third kappa shape index (κ3) is 3.88. The molecule has 31 heavy (non-hydrogen) atoms. The lowest BCUT2D eigenvalue weighted by Gasteiger charge is -2.41. The van der Waals surface area contributed by atoms with Crippen LogP contribution in [0.15, 0.2) is 59.4 Å². The number of nitrogens with zero attached hydrogens (tertiary/aromatic N) is 4. The van der Waals surface area contributed by atoms with Gasteiger partial charge in [0.05, 0.1) is 11.3 Å². The molecule has 5 nitrogen and oxygen atoms in total. The first-order chi connectivity index (χ1) is 15.1. The highest BCUT2D eigenvalue weighted by Gasteiger charge is 2.29. The van der Waals surface area contributed by atoms with Crippen LogP contribution < -0.4 is 5.56 Å². The normalized spacial score (nSPS) is 20.0. The molecule has 1 unspecified atom stereocenters. The molecule has 1 saturated heterocycles. The number of para-hydroxylation sites is 1. The summed E-state index contributed by atoms with van der Waals surface area (Å²) in [5.74, 6) is 0. The minimum atomic E-state index is 0.111. The standard InChI is InChI=1S/C26H32N4O/c1-20-25(26(31)30(27(20)2)23-11-4-3-5-12-23)19-28-15-8-13-24(18-28)29-16-14-21-9-6-7-10-22(21)17-29/h3-7,9-12,24H,8,13-19H2,1-2H3. The molecule has 2 aliphatic rings. The maximum atomic E-state index is 13.3. The van der Waals surface area contributed by atoms with Crippen molar-refractivity contribution >= 4 is 0 Å². The van der Waals surface area contributed by atoms with Crippen LogP contribution in [0, 0.1) is 6.92 Å². The Labute approximate surface area is 184 Å². The number of fused-ring (bicyclic) bond motifs is 1. The molecule has 2 aliphatic heterocycles. The Bertz CT molecular complexity index is 1110. The van der Waals surface area contributed by atoms with Gasteiger partial charge in [-0.05, 0) is 56.0 Å². The van der Waals surface area contributed by atoms with E-state index in [1.54, 1.807) is 4.68 Å². The van der Waals surface area contributed by atoms with Crippen molar-refractivity contribution in [2.75, 3.05) is 19.6 Å². The number of likely N-dealkylation sites (tertiary alicyclic amines) is 1. The van der Waals surface area contributed by atoms with Crippen LogP contribution in [0.25, 0.3) is 5.69 Å². The van der Waals surface area contributed by atoms with Gasteiger partial charge >= 0.3 is 0 Å². The molecule has 5 rings (SSSR count). The molecule has 0 N–H and O–H groups in total. The van der Waals surface area contributed by atoms with Crippen LogP contribution in [0.3, 0.4) is 0 Å². The van der Waals surface area contributed by atoms with E-state index in [1.165, 1.54) is 24.0 Å². The van der Waals surface area contributed by atoms with E-state index in [-0.39, 0.29) is 5.56 Å². The lowest BCUT2D eigenvalue weighted by atomic mass is 9.96. The summed E-state index contributed by atoms with van der Waals surface area (Å²) >= 11 is 0. The Morgan fingerprint density at radius 2 is 1.71 bits per heavy atom. The quantitative estimate of drug-likeness (QED) is 0.653. The van der Waals surface area contributed by atoms with Crippen LogP contribution in [0.2, 0.25) is 0 Å². The number of aromatic nitrogens is 2. The Morgan fingerprint density at radius 1 is 0.968 bits per heavy atom. The van der Waals surface area contributed by atoms with Crippen LogP contribution in [0.5, 0.6) is 0 Å². The second kappa shape index (κ2) is 8.48. The van der Waals surface area contributed by atoms with Gasteiger partial charge in [-0.15, -0.1) is 0 Å². The molecule has 162 valence electrons.